The number of quaternary nitrogens is 2. The van der Waals surface area contributed by atoms with Gasteiger partial charge in [-0.15, -0.1) is 0 Å². The number of hydrogen-bond acceptors (Lipinski definition) is 8. The first-order chi connectivity index (χ1) is 31.8. The third kappa shape index (κ3) is 15.7. The topological polar surface area (TPSA) is 175 Å². The summed E-state index contributed by atoms with van der Waals surface area (Å²) in [6.45, 7) is 6.28. The van der Waals surface area contributed by atoms with Crippen LogP contribution < -0.4 is 21.3 Å². The van der Waals surface area contributed by atoms with Crippen molar-refractivity contribution in [1.82, 2.24) is 0 Å². The quantitative estimate of drug-likeness (QED) is 0.0614. The van der Waals surface area contributed by atoms with Crippen molar-refractivity contribution in [2.45, 2.75) is 49.1 Å². The molecular weight excluding hydrogens is 865 g/mol. The maximum absolute atomic E-state index is 11.3. The average Bonchev–Trinajstić information content (AvgIpc) is 3.31. The molecule has 0 aliphatic heterocycles. The summed E-state index contributed by atoms with van der Waals surface area (Å²) in [5.74, 6) is 0. The van der Waals surface area contributed by atoms with Crippen molar-refractivity contribution in [3.8, 4) is 11.1 Å². The van der Waals surface area contributed by atoms with Crippen molar-refractivity contribution in [3.63, 3.8) is 0 Å². The highest BCUT2D eigenvalue weighted by Crippen LogP contribution is 2.34. The molecule has 0 fully saturated rings. The molecular formula is C54H54N4O6S2. The number of nitrogens with one attached hydrogen (secondary N) is 2. The molecule has 0 saturated carbocycles. The van der Waals surface area contributed by atoms with Crippen LogP contribution >= 0.6 is 0 Å². The maximum Gasteiger partial charge on any atom is 0.125 e. The summed E-state index contributed by atoms with van der Waals surface area (Å²) in [4.78, 5) is 1.68. The van der Waals surface area contributed by atoms with Crippen LogP contribution in [0.15, 0.2) is 228 Å². The number of rotatable bonds is 15. The standard InChI is InChI=1S/2C21H21N.C12H12N2O6S2/c2*1-4-10-19(11-5-1)16-22(17-20-12-6-2-7-13-20)18-21-14-8-3-9-15-21;13-7-1-3-9(11(5-7)21(15,16)17)10-4-2-8(14)6-12(10)22(18,19)20/h2*1-15H,16-18H2;1-6H,13-14H2,(H,15,16,17)(H,18,19,20). The molecule has 0 amide bonds. The van der Waals surface area contributed by atoms with Crippen molar-refractivity contribution in [3.05, 3.63) is 252 Å². The minimum absolute atomic E-state index is 0.000139. The fourth-order valence-electron chi connectivity index (χ4n) is 7.62. The number of nitrogens with two attached hydrogens (primary N) is 2. The van der Waals surface area contributed by atoms with Crippen LogP contribution in [0.3, 0.4) is 0 Å². The maximum atomic E-state index is 11.3. The van der Waals surface area contributed by atoms with Gasteiger partial charge >= 0.3 is 0 Å². The zero-order valence-electron chi connectivity index (χ0n) is 36.4. The van der Waals surface area contributed by atoms with Gasteiger partial charge < -0.3 is 30.4 Å². The molecule has 6 N–H and O–H groups in total. The van der Waals surface area contributed by atoms with Gasteiger partial charge in [-0.3, -0.25) is 0 Å². The fourth-order valence-corrected chi connectivity index (χ4v) is 9.07. The Kier molecular flexibility index (Phi) is 17.6. The molecule has 0 radical (unpaired) electrons. The van der Waals surface area contributed by atoms with Crippen LogP contribution in [0, 0.1) is 0 Å². The normalized spacial score (nSPS) is 11.3. The molecule has 10 nitrogen and oxygen atoms in total. The van der Waals surface area contributed by atoms with Crippen molar-refractivity contribution < 1.29 is 35.7 Å². The van der Waals surface area contributed by atoms with E-state index in [1.165, 1.54) is 45.5 Å². The van der Waals surface area contributed by atoms with E-state index in [9.17, 15) is 25.9 Å². The van der Waals surface area contributed by atoms with Crippen molar-refractivity contribution in [2.75, 3.05) is 11.5 Å². The Morgan fingerprint density at radius 2 is 0.515 bits per heavy atom. The van der Waals surface area contributed by atoms with Gasteiger partial charge in [-0.25, -0.2) is 16.8 Å². The molecule has 0 bridgehead atoms. The molecule has 0 unspecified atom stereocenters. The molecule has 0 aliphatic carbocycles. The van der Waals surface area contributed by atoms with Crippen molar-refractivity contribution in [1.29, 1.82) is 0 Å². The predicted molar refractivity (Wildman–Crippen MR) is 259 cm³/mol. The largest absolute Gasteiger partial charge is 0.744 e. The number of nitrogen functional groups attached to an aromatic ring is 2. The zero-order chi connectivity index (χ0) is 46.8. The Balaban J connectivity index is 0.000000164. The van der Waals surface area contributed by atoms with Gasteiger partial charge in [0.15, 0.2) is 0 Å². The summed E-state index contributed by atoms with van der Waals surface area (Å²) in [6, 6.07) is 71.2. The Morgan fingerprint density at radius 1 is 0.318 bits per heavy atom. The molecule has 0 aliphatic rings. The lowest BCUT2D eigenvalue weighted by molar-refractivity contribution is -0.941. The summed E-state index contributed by atoms with van der Waals surface area (Å²) in [5, 5.41) is 0. The first-order valence-electron chi connectivity index (χ1n) is 21.4. The summed E-state index contributed by atoms with van der Waals surface area (Å²) in [5.41, 5.74) is 18.8. The van der Waals surface area contributed by atoms with E-state index in [-0.39, 0.29) is 22.5 Å². The van der Waals surface area contributed by atoms with Crippen LogP contribution in [-0.4, -0.2) is 25.9 Å². The van der Waals surface area contributed by atoms with Crippen molar-refractivity contribution in [2.24, 2.45) is 0 Å². The van der Waals surface area contributed by atoms with E-state index in [1.54, 1.807) is 9.80 Å². The van der Waals surface area contributed by atoms with Gasteiger partial charge in [-0.1, -0.05) is 194 Å². The average molecular weight is 919 g/mol. The molecule has 338 valence electrons. The van der Waals surface area contributed by atoms with Gasteiger partial charge in [0.2, 0.25) is 0 Å². The van der Waals surface area contributed by atoms with Crippen LogP contribution in [0.2, 0.25) is 0 Å². The molecule has 0 aromatic heterocycles. The Hall–Kier alpha value is -6.90. The first kappa shape index (κ1) is 48.6. The van der Waals surface area contributed by atoms with E-state index >= 15 is 0 Å². The number of anilines is 2. The van der Waals surface area contributed by atoms with Gasteiger partial charge in [0.25, 0.3) is 0 Å². The van der Waals surface area contributed by atoms with E-state index in [1.807, 2.05) is 0 Å². The second-order valence-corrected chi connectivity index (χ2v) is 18.6. The molecule has 8 aromatic rings. The molecule has 66 heavy (non-hydrogen) atoms. The third-order valence-electron chi connectivity index (χ3n) is 10.6. The van der Waals surface area contributed by atoms with Crippen LogP contribution in [0.4, 0.5) is 11.4 Å². The van der Waals surface area contributed by atoms with Crippen LogP contribution in [0.5, 0.6) is 0 Å². The minimum Gasteiger partial charge on any atom is -0.744 e. The smallest absolute Gasteiger partial charge is 0.125 e. The van der Waals surface area contributed by atoms with E-state index < -0.39 is 30.0 Å². The monoisotopic (exact) mass is 918 g/mol. The number of hydrogen-bond donors (Lipinski definition) is 4. The Morgan fingerprint density at radius 3 is 0.697 bits per heavy atom. The fraction of sp³-hybridized carbons (Fsp3) is 0.111. The van der Waals surface area contributed by atoms with Gasteiger partial charge in [-0.05, 0) is 24.3 Å². The highest BCUT2D eigenvalue weighted by atomic mass is 32.2. The molecule has 0 spiro atoms. The lowest BCUT2D eigenvalue weighted by Crippen LogP contribution is -3.08. The summed E-state index contributed by atoms with van der Waals surface area (Å²) in [6.07, 6.45) is 0. The summed E-state index contributed by atoms with van der Waals surface area (Å²) >= 11 is 0. The molecule has 8 aromatic carbocycles. The Labute approximate surface area is 388 Å². The van der Waals surface area contributed by atoms with Crippen LogP contribution in [0.1, 0.15) is 33.4 Å². The number of benzene rings is 8. The highest BCUT2D eigenvalue weighted by Gasteiger charge is 2.18. The van der Waals surface area contributed by atoms with E-state index in [0.717, 1.165) is 63.5 Å². The van der Waals surface area contributed by atoms with Gasteiger partial charge in [0.1, 0.15) is 59.5 Å². The minimum atomic E-state index is -4.93. The van der Waals surface area contributed by atoms with E-state index in [4.69, 9.17) is 11.5 Å². The van der Waals surface area contributed by atoms with Crippen LogP contribution in [0.25, 0.3) is 11.1 Å². The second kappa shape index (κ2) is 23.9. The van der Waals surface area contributed by atoms with Gasteiger partial charge in [-0.2, -0.15) is 0 Å². The molecule has 0 heterocycles. The van der Waals surface area contributed by atoms with E-state index in [2.05, 4.69) is 182 Å². The van der Waals surface area contributed by atoms with Gasteiger partial charge in [0.05, 0.1) is 9.79 Å². The molecule has 12 heteroatoms. The van der Waals surface area contributed by atoms with Crippen LogP contribution in [-0.2, 0) is 59.5 Å². The third-order valence-corrected chi connectivity index (χ3v) is 12.4. The molecule has 8 rings (SSSR count). The first-order valence-corrected chi connectivity index (χ1v) is 24.2. The zero-order valence-corrected chi connectivity index (χ0v) is 38.1. The SMILES string of the molecule is Nc1ccc(-c2ccc(N)cc2S(=O)(=O)[O-])c(S(=O)(=O)[O-])c1.c1ccc(C[NH+](Cc2ccccc2)Cc2ccccc2)cc1.c1ccc(C[NH+](Cc2ccccc2)Cc2ccccc2)cc1. The predicted octanol–water partition coefficient (Wildman–Crippen LogP) is 7.27. The lowest BCUT2D eigenvalue weighted by Gasteiger charge is -2.20. The van der Waals surface area contributed by atoms with E-state index in [0.29, 0.717) is 0 Å². The summed E-state index contributed by atoms with van der Waals surface area (Å²) in [7, 11) is -9.87. The molecule has 0 atom stereocenters. The Bertz CT molecular complexity index is 2530. The molecule has 0 saturated heterocycles. The highest BCUT2D eigenvalue weighted by molar-refractivity contribution is 7.86. The van der Waals surface area contributed by atoms with Crippen molar-refractivity contribution >= 4 is 31.6 Å². The summed E-state index contributed by atoms with van der Waals surface area (Å²) < 4.78 is 68.1. The van der Waals surface area contributed by atoms with Gasteiger partial charge in [0, 0.05) is 55.9 Å². The lowest BCUT2D eigenvalue weighted by atomic mass is 10.0. The second-order valence-electron chi connectivity index (χ2n) is 15.9.